The highest BCUT2D eigenvalue weighted by molar-refractivity contribution is 6.06. The van der Waals surface area contributed by atoms with Crippen LogP contribution in [0.3, 0.4) is 0 Å². The summed E-state index contributed by atoms with van der Waals surface area (Å²) in [7, 11) is 0. The quantitative estimate of drug-likeness (QED) is 0.792. The molecule has 0 aliphatic heterocycles. The Kier molecular flexibility index (Phi) is 6.00. The predicted octanol–water partition coefficient (Wildman–Crippen LogP) is 2.92. The molecule has 0 atom stereocenters. The Balaban J connectivity index is 2.07. The highest BCUT2D eigenvalue weighted by Crippen LogP contribution is 2.12. The molecule has 2 amide bonds. The molecule has 0 saturated heterocycles. The van der Waals surface area contributed by atoms with Crippen molar-refractivity contribution in [2.75, 3.05) is 11.9 Å². The number of aromatic nitrogens is 1. The van der Waals surface area contributed by atoms with Crippen molar-refractivity contribution in [2.45, 2.75) is 20.8 Å². The molecule has 0 fully saturated rings. The second kappa shape index (κ2) is 8.19. The van der Waals surface area contributed by atoms with E-state index < -0.39 is 0 Å². The number of amides is 2. The maximum absolute atomic E-state index is 12.3. The van der Waals surface area contributed by atoms with Gasteiger partial charge in [0.2, 0.25) is 0 Å². The third-order valence-electron chi connectivity index (χ3n) is 3.48. The summed E-state index contributed by atoms with van der Waals surface area (Å²) in [6.45, 7) is 6.03. The molecular weight excluding hydrogens is 318 g/mol. The minimum atomic E-state index is -0.374. The van der Waals surface area contributed by atoms with Gasteiger partial charge in [0.1, 0.15) is 0 Å². The standard InChI is InChI=1S/C19H21N3O3/c1-12(2)9-21-18(24)15-8-16(11-20-10-15)19(25)22-17-6-4-14(5-7-17)13(3)23/h4-8,10-12H,9H2,1-3H3,(H,21,24)(H,22,25). The van der Waals surface area contributed by atoms with Crippen LogP contribution in [-0.2, 0) is 0 Å². The number of hydrogen-bond donors (Lipinski definition) is 2. The van der Waals surface area contributed by atoms with E-state index in [9.17, 15) is 14.4 Å². The number of pyridine rings is 1. The number of Topliss-reactive ketones (excluding diaryl/α,β-unsaturated/α-hetero) is 1. The first kappa shape index (κ1) is 18.3. The number of ketones is 1. The number of anilines is 1. The van der Waals surface area contributed by atoms with Crippen molar-refractivity contribution < 1.29 is 14.4 Å². The third kappa shape index (κ3) is 5.24. The van der Waals surface area contributed by atoms with Crippen molar-refractivity contribution in [3.05, 3.63) is 59.4 Å². The zero-order chi connectivity index (χ0) is 18.4. The van der Waals surface area contributed by atoms with Gasteiger partial charge in [-0.1, -0.05) is 13.8 Å². The van der Waals surface area contributed by atoms with E-state index in [0.717, 1.165) is 0 Å². The van der Waals surface area contributed by atoms with Gasteiger partial charge in [-0.05, 0) is 43.2 Å². The maximum Gasteiger partial charge on any atom is 0.257 e. The molecule has 2 rings (SSSR count). The smallest absolute Gasteiger partial charge is 0.257 e. The Bertz CT molecular complexity index is 783. The summed E-state index contributed by atoms with van der Waals surface area (Å²) in [5.74, 6) is -0.341. The van der Waals surface area contributed by atoms with Gasteiger partial charge in [-0.2, -0.15) is 0 Å². The SMILES string of the molecule is CC(=O)c1ccc(NC(=O)c2cncc(C(=O)NCC(C)C)c2)cc1. The molecule has 0 spiro atoms. The van der Waals surface area contributed by atoms with Crippen LogP contribution in [0.25, 0.3) is 0 Å². The summed E-state index contributed by atoms with van der Waals surface area (Å²) in [5.41, 5.74) is 1.75. The number of nitrogens with zero attached hydrogens (tertiary/aromatic N) is 1. The summed E-state index contributed by atoms with van der Waals surface area (Å²) in [5, 5.41) is 5.51. The van der Waals surface area contributed by atoms with E-state index in [0.29, 0.717) is 29.3 Å². The summed E-state index contributed by atoms with van der Waals surface area (Å²) in [6, 6.07) is 8.10. The van der Waals surface area contributed by atoms with Gasteiger partial charge in [0.15, 0.2) is 5.78 Å². The normalized spacial score (nSPS) is 10.4. The van der Waals surface area contributed by atoms with Gasteiger partial charge in [0.25, 0.3) is 11.8 Å². The second-order valence-corrected chi connectivity index (χ2v) is 6.15. The molecule has 0 aliphatic carbocycles. The average Bonchev–Trinajstić information content (AvgIpc) is 2.60. The van der Waals surface area contributed by atoms with Crippen LogP contribution in [-0.4, -0.2) is 29.1 Å². The average molecular weight is 339 g/mol. The van der Waals surface area contributed by atoms with Gasteiger partial charge in [-0.3, -0.25) is 19.4 Å². The molecule has 1 aromatic heterocycles. The first-order valence-corrected chi connectivity index (χ1v) is 8.02. The minimum absolute atomic E-state index is 0.0396. The van der Waals surface area contributed by atoms with Crippen LogP contribution >= 0.6 is 0 Å². The first-order chi connectivity index (χ1) is 11.9. The molecule has 0 radical (unpaired) electrons. The van der Waals surface area contributed by atoms with Crippen LogP contribution in [0.5, 0.6) is 0 Å². The zero-order valence-corrected chi connectivity index (χ0v) is 14.5. The molecule has 1 aromatic carbocycles. The number of carbonyl (C=O) groups excluding carboxylic acids is 3. The number of hydrogen-bond acceptors (Lipinski definition) is 4. The molecular formula is C19H21N3O3. The van der Waals surface area contributed by atoms with Crippen molar-refractivity contribution >= 4 is 23.3 Å². The fraction of sp³-hybridized carbons (Fsp3) is 0.263. The summed E-state index contributed by atoms with van der Waals surface area (Å²) in [6.07, 6.45) is 2.83. The molecule has 0 unspecified atom stereocenters. The monoisotopic (exact) mass is 339 g/mol. The van der Waals surface area contributed by atoms with Crippen LogP contribution in [0.1, 0.15) is 51.8 Å². The van der Waals surface area contributed by atoms with E-state index in [4.69, 9.17) is 0 Å². The van der Waals surface area contributed by atoms with Gasteiger partial charge < -0.3 is 10.6 Å². The van der Waals surface area contributed by atoms with Crippen molar-refractivity contribution in [3.8, 4) is 0 Å². The predicted molar refractivity (Wildman–Crippen MR) is 95.8 cm³/mol. The lowest BCUT2D eigenvalue weighted by Gasteiger charge is -2.09. The van der Waals surface area contributed by atoms with Crippen LogP contribution in [0.4, 0.5) is 5.69 Å². The first-order valence-electron chi connectivity index (χ1n) is 8.02. The zero-order valence-electron chi connectivity index (χ0n) is 14.5. The Labute approximate surface area is 146 Å². The van der Waals surface area contributed by atoms with E-state index in [2.05, 4.69) is 15.6 Å². The Morgan fingerprint density at radius 2 is 1.56 bits per heavy atom. The van der Waals surface area contributed by atoms with Gasteiger partial charge in [0, 0.05) is 30.2 Å². The molecule has 6 nitrogen and oxygen atoms in total. The largest absolute Gasteiger partial charge is 0.352 e. The van der Waals surface area contributed by atoms with Gasteiger partial charge in [-0.25, -0.2) is 0 Å². The van der Waals surface area contributed by atoms with Crippen LogP contribution in [0.15, 0.2) is 42.7 Å². The van der Waals surface area contributed by atoms with Crippen molar-refractivity contribution in [1.82, 2.24) is 10.3 Å². The lowest BCUT2D eigenvalue weighted by molar-refractivity contribution is 0.0947. The third-order valence-corrected chi connectivity index (χ3v) is 3.48. The van der Waals surface area contributed by atoms with Crippen LogP contribution in [0, 0.1) is 5.92 Å². The molecule has 0 saturated carbocycles. The highest BCUT2D eigenvalue weighted by Gasteiger charge is 2.12. The van der Waals surface area contributed by atoms with Crippen LogP contribution in [0.2, 0.25) is 0 Å². The summed E-state index contributed by atoms with van der Waals surface area (Å²) < 4.78 is 0. The van der Waals surface area contributed by atoms with E-state index in [1.54, 1.807) is 24.3 Å². The minimum Gasteiger partial charge on any atom is -0.352 e. The van der Waals surface area contributed by atoms with Gasteiger partial charge in [-0.15, -0.1) is 0 Å². The lowest BCUT2D eigenvalue weighted by atomic mass is 10.1. The second-order valence-electron chi connectivity index (χ2n) is 6.15. The summed E-state index contributed by atoms with van der Waals surface area (Å²) >= 11 is 0. The number of nitrogens with one attached hydrogen (secondary N) is 2. The molecule has 25 heavy (non-hydrogen) atoms. The molecule has 2 N–H and O–H groups in total. The lowest BCUT2D eigenvalue weighted by Crippen LogP contribution is -2.27. The number of rotatable bonds is 6. The molecule has 6 heteroatoms. The maximum atomic E-state index is 12.3. The molecule has 130 valence electrons. The van der Waals surface area contributed by atoms with E-state index >= 15 is 0 Å². The number of benzene rings is 1. The topological polar surface area (TPSA) is 88.2 Å². The van der Waals surface area contributed by atoms with Crippen molar-refractivity contribution in [2.24, 2.45) is 5.92 Å². The van der Waals surface area contributed by atoms with Gasteiger partial charge in [0.05, 0.1) is 11.1 Å². The van der Waals surface area contributed by atoms with Crippen molar-refractivity contribution in [1.29, 1.82) is 0 Å². The Hall–Kier alpha value is -3.02. The molecule has 0 bridgehead atoms. The molecule has 0 aliphatic rings. The Morgan fingerprint density at radius 1 is 0.960 bits per heavy atom. The van der Waals surface area contributed by atoms with E-state index in [-0.39, 0.29) is 23.2 Å². The van der Waals surface area contributed by atoms with E-state index in [1.165, 1.54) is 25.4 Å². The fourth-order valence-electron chi connectivity index (χ4n) is 2.08. The molecule has 1 heterocycles. The fourth-order valence-corrected chi connectivity index (χ4v) is 2.08. The number of carbonyl (C=O) groups is 3. The Morgan fingerprint density at radius 3 is 2.12 bits per heavy atom. The molecule has 2 aromatic rings. The highest BCUT2D eigenvalue weighted by atomic mass is 16.2. The van der Waals surface area contributed by atoms with E-state index in [1.807, 2.05) is 13.8 Å². The summed E-state index contributed by atoms with van der Waals surface area (Å²) in [4.78, 5) is 39.6. The van der Waals surface area contributed by atoms with Crippen LogP contribution < -0.4 is 10.6 Å². The van der Waals surface area contributed by atoms with Gasteiger partial charge >= 0.3 is 0 Å². The van der Waals surface area contributed by atoms with Crippen molar-refractivity contribution in [3.63, 3.8) is 0 Å².